The van der Waals surface area contributed by atoms with Crippen molar-refractivity contribution in [1.29, 1.82) is 0 Å². The Bertz CT molecular complexity index is 1130. The number of rotatable bonds is 6. The van der Waals surface area contributed by atoms with Crippen LogP contribution in [0.1, 0.15) is 37.9 Å². The molecule has 4 rings (SSSR count). The Morgan fingerprint density at radius 2 is 2.00 bits per heavy atom. The van der Waals surface area contributed by atoms with Crippen LogP contribution in [0.25, 0.3) is 0 Å². The number of hydrogen-bond donors (Lipinski definition) is 1. The summed E-state index contributed by atoms with van der Waals surface area (Å²) in [4.78, 5) is 21.7. The molecule has 3 aromatic rings. The molecular formula is C22H22ClN5O2S. The number of benzene rings is 1. The number of esters is 1. The monoisotopic (exact) mass is 455 g/mol. The van der Waals surface area contributed by atoms with Crippen LogP contribution >= 0.6 is 23.4 Å². The third-order valence-electron chi connectivity index (χ3n) is 4.73. The van der Waals surface area contributed by atoms with E-state index in [1.54, 1.807) is 17.1 Å². The number of halogens is 1. The molecule has 1 aliphatic heterocycles. The predicted octanol–water partition coefficient (Wildman–Crippen LogP) is 4.86. The molecule has 31 heavy (non-hydrogen) atoms. The summed E-state index contributed by atoms with van der Waals surface area (Å²) < 4.78 is 7.25. The molecule has 1 N–H and O–H groups in total. The van der Waals surface area contributed by atoms with E-state index in [0.29, 0.717) is 33.2 Å². The molecule has 0 spiro atoms. The van der Waals surface area contributed by atoms with Crippen molar-refractivity contribution in [2.24, 2.45) is 0 Å². The van der Waals surface area contributed by atoms with E-state index in [2.05, 4.69) is 15.3 Å². The summed E-state index contributed by atoms with van der Waals surface area (Å²) in [7, 11) is 0. The average molecular weight is 456 g/mol. The van der Waals surface area contributed by atoms with Gasteiger partial charge in [0.05, 0.1) is 11.7 Å². The molecule has 0 aliphatic carbocycles. The van der Waals surface area contributed by atoms with Crippen LogP contribution in [0.3, 0.4) is 0 Å². The maximum Gasteiger partial charge on any atom is 0.338 e. The van der Waals surface area contributed by atoms with Gasteiger partial charge in [0, 0.05) is 28.9 Å². The average Bonchev–Trinajstić information content (AvgIpc) is 3.14. The number of fused-ring (bicyclic) bond motifs is 1. The van der Waals surface area contributed by atoms with Crippen molar-refractivity contribution < 1.29 is 9.53 Å². The molecule has 0 amide bonds. The highest BCUT2D eigenvalue weighted by Gasteiger charge is 2.35. The number of carbonyl (C=O) groups is 1. The van der Waals surface area contributed by atoms with E-state index in [0.717, 1.165) is 11.1 Å². The summed E-state index contributed by atoms with van der Waals surface area (Å²) >= 11 is 7.76. The minimum Gasteiger partial charge on any atom is -0.459 e. The number of thioether (sulfide) groups is 1. The highest BCUT2D eigenvalue weighted by molar-refractivity contribution is 7.98. The van der Waals surface area contributed by atoms with Gasteiger partial charge >= 0.3 is 5.97 Å². The van der Waals surface area contributed by atoms with Crippen molar-refractivity contribution in [2.45, 2.75) is 43.8 Å². The zero-order valence-electron chi connectivity index (χ0n) is 17.4. The lowest BCUT2D eigenvalue weighted by molar-refractivity contribution is -0.143. The number of hydrogen-bond acceptors (Lipinski definition) is 7. The van der Waals surface area contributed by atoms with Gasteiger partial charge in [0.15, 0.2) is 0 Å². The number of anilines is 1. The van der Waals surface area contributed by atoms with Crippen molar-refractivity contribution in [3.63, 3.8) is 0 Å². The highest BCUT2D eigenvalue weighted by atomic mass is 35.5. The van der Waals surface area contributed by atoms with Crippen LogP contribution in [0.4, 0.5) is 5.95 Å². The van der Waals surface area contributed by atoms with E-state index in [1.807, 2.05) is 57.2 Å². The summed E-state index contributed by atoms with van der Waals surface area (Å²) in [6.07, 6.45) is 3.16. The van der Waals surface area contributed by atoms with Crippen molar-refractivity contribution in [2.75, 3.05) is 5.32 Å². The van der Waals surface area contributed by atoms with Gasteiger partial charge in [-0.05, 0) is 50.1 Å². The molecule has 1 aliphatic rings. The van der Waals surface area contributed by atoms with E-state index in [4.69, 9.17) is 21.4 Å². The van der Waals surface area contributed by atoms with Crippen LogP contribution in [-0.4, -0.2) is 31.8 Å². The van der Waals surface area contributed by atoms with Gasteiger partial charge in [0.2, 0.25) is 11.1 Å². The molecule has 0 saturated heterocycles. The molecule has 1 aromatic carbocycles. The molecule has 0 radical (unpaired) electrons. The zero-order chi connectivity index (χ0) is 22.0. The van der Waals surface area contributed by atoms with Gasteiger partial charge < -0.3 is 10.1 Å². The quantitative estimate of drug-likeness (QED) is 0.419. The lowest BCUT2D eigenvalue weighted by Gasteiger charge is -2.28. The lowest BCUT2D eigenvalue weighted by Crippen LogP contribution is -2.30. The highest BCUT2D eigenvalue weighted by Crippen LogP contribution is 2.37. The molecule has 160 valence electrons. The number of nitrogens with one attached hydrogen (secondary N) is 1. The van der Waals surface area contributed by atoms with Crippen LogP contribution in [0.2, 0.25) is 5.02 Å². The largest absolute Gasteiger partial charge is 0.459 e. The van der Waals surface area contributed by atoms with Gasteiger partial charge in [-0.25, -0.2) is 9.48 Å². The summed E-state index contributed by atoms with van der Waals surface area (Å²) in [6.45, 7) is 5.51. The van der Waals surface area contributed by atoms with E-state index < -0.39 is 6.04 Å². The Balaban J connectivity index is 1.68. The maximum atomic E-state index is 13.0. The minimum absolute atomic E-state index is 0.232. The smallest absolute Gasteiger partial charge is 0.338 e. The zero-order valence-corrected chi connectivity index (χ0v) is 18.9. The van der Waals surface area contributed by atoms with Gasteiger partial charge in [-0.3, -0.25) is 4.98 Å². The number of allylic oxidation sites excluding steroid dienone is 1. The van der Waals surface area contributed by atoms with E-state index in [9.17, 15) is 4.79 Å². The van der Waals surface area contributed by atoms with E-state index in [-0.39, 0.29) is 12.1 Å². The van der Waals surface area contributed by atoms with Crippen molar-refractivity contribution >= 4 is 35.3 Å². The normalized spacial score (nSPS) is 15.6. The minimum atomic E-state index is -0.465. The molecular weight excluding hydrogens is 434 g/mol. The number of nitrogens with zero attached hydrogens (tertiary/aromatic N) is 4. The molecule has 7 nitrogen and oxygen atoms in total. The summed E-state index contributed by atoms with van der Waals surface area (Å²) in [5.74, 6) is 0.827. The standard InChI is InChI=1S/C22H22ClN5O2S/c1-13(2)30-20(29)18-14(3)25-21-26-22(31-12-16-6-4-5-7-17(16)23)27-28(21)19(18)15-8-10-24-11-9-15/h4-11,13,19H,12H2,1-3H3,(H,25,26,27). The Labute approximate surface area is 189 Å². The summed E-state index contributed by atoms with van der Waals surface area (Å²) in [5, 5.41) is 9.21. The van der Waals surface area contributed by atoms with Crippen LogP contribution in [0.15, 0.2) is 65.2 Å². The first-order valence-corrected chi connectivity index (χ1v) is 11.2. The third kappa shape index (κ3) is 4.60. The Kier molecular flexibility index (Phi) is 6.29. The molecule has 0 bridgehead atoms. The first kappa shape index (κ1) is 21.4. The van der Waals surface area contributed by atoms with E-state index in [1.165, 1.54) is 11.8 Å². The summed E-state index contributed by atoms with van der Waals surface area (Å²) in [5.41, 5.74) is 3.08. The van der Waals surface area contributed by atoms with Crippen molar-refractivity contribution in [3.05, 3.63) is 76.2 Å². The Morgan fingerprint density at radius 1 is 1.26 bits per heavy atom. The Hall–Kier alpha value is -2.84. The summed E-state index contributed by atoms with van der Waals surface area (Å²) in [6, 6.07) is 11.0. The second-order valence-corrected chi connectivity index (χ2v) is 8.69. The molecule has 0 fully saturated rings. The van der Waals surface area contributed by atoms with E-state index >= 15 is 0 Å². The fourth-order valence-corrected chi connectivity index (χ4v) is 4.46. The van der Waals surface area contributed by atoms with Crippen molar-refractivity contribution in [3.8, 4) is 0 Å². The van der Waals surface area contributed by atoms with Crippen molar-refractivity contribution in [1.82, 2.24) is 19.7 Å². The number of ether oxygens (including phenoxy) is 1. The Morgan fingerprint density at radius 3 is 2.71 bits per heavy atom. The molecule has 9 heteroatoms. The lowest BCUT2D eigenvalue weighted by atomic mass is 9.96. The number of aromatic nitrogens is 4. The van der Waals surface area contributed by atoms with Crippen LogP contribution in [0.5, 0.6) is 0 Å². The van der Waals surface area contributed by atoms with Gasteiger partial charge in [0.25, 0.3) is 0 Å². The molecule has 0 saturated carbocycles. The van der Waals surface area contributed by atoms with Gasteiger partial charge in [-0.1, -0.05) is 41.6 Å². The predicted molar refractivity (Wildman–Crippen MR) is 121 cm³/mol. The van der Waals surface area contributed by atoms with Crippen LogP contribution in [0, 0.1) is 0 Å². The molecule has 1 unspecified atom stereocenters. The topological polar surface area (TPSA) is 81.9 Å². The fourth-order valence-electron chi connectivity index (χ4n) is 3.35. The van der Waals surface area contributed by atoms with Gasteiger partial charge in [-0.2, -0.15) is 4.98 Å². The van der Waals surface area contributed by atoms with Gasteiger partial charge in [-0.15, -0.1) is 5.10 Å². The first-order chi connectivity index (χ1) is 14.9. The van der Waals surface area contributed by atoms with Crippen LogP contribution in [-0.2, 0) is 15.3 Å². The first-order valence-electron chi connectivity index (χ1n) is 9.85. The maximum absolute atomic E-state index is 13.0. The SMILES string of the molecule is CC1=C(C(=O)OC(C)C)C(c2ccncc2)n2nc(SCc3ccccc3Cl)nc2N1. The molecule has 1 atom stereocenters. The molecule has 2 aromatic heterocycles. The second kappa shape index (κ2) is 9.11. The van der Waals surface area contributed by atoms with Gasteiger partial charge in [0.1, 0.15) is 6.04 Å². The second-order valence-electron chi connectivity index (χ2n) is 7.34. The number of carbonyl (C=O) groups excluding carboxylic acids is 1. The molecule has 3 heterocycles. The number of pyridine rings is 1. The van der Waals surface area contributed by atoms with Crippen LogP contribution < -0.4 is 5.32 Å². The third-order valence-corrected chi connectivity index (χ3v) is 5.99. The fraction of sp³-hybridized carbons (Fsp3) is 0.273.